The molecule has 40 heavy (non-hydrogen) atoms. The van der Waals surface area contributed by atoms with Crippen molar-refractivity contribution in [3.05, 3.63) is 90.5 Å². The maximum Gasteiger partial charge on any atom is 0.408 e. The van der Waals surface area contributed by atoms with Crippen LogP contribution in [0.15, 0.2) is 89.8 Å². The molecule has 0 radical (unpaired) electrons. The van der Waals surface area contributed by atoms with Gasteiger partial charge in [0.1, 0.15) is 12.6 Å². The summed E-state index contributed by atoms with van der Waals surface area (Å²) in [5, 5.41) is 11.8. The third-order valence-corrected chi connectivity index (χ3v) is 8.55. The summed E-state index contributed by atoms with van der Waals surface area (Å²) >= 11 is 0. The normalized spacial score (nSPS) is 14.8. The minimum atomic E-state index is -3.73. The van der Waals surface area contributed by atoms with E-state index in [1.807, 2.05) is 36.4 Å². The lowest BCUT2D eigenvalue weighted by molar-refractivity contribution is -0.140. The Labute approximate surface area is 233 Å². The van der Waals surface area contributed by atoms with Crippen molar-refractivity contribution in [2.75, 3.05) is 26.2 Å². The Hall–Kier alpha value is -4.22. The van der Waals surface area contributed by atoms with Gasteiger partial charge in [0.2, 0.25) is 15.9 Å². The topological polar surface area (TPSA) is 133 Å². The predicted molar refractivity (Wildman–Crippen MR) is 148 cm³/mol. The second-order valence-electron chi connectivity index (χ2n) is 9.31. The maximum absolute atomic E-state index is 13.2. The first-order valence-corrected chi connectivity index (χ1v) is 14.3. The third kappa shape index (κ3) is 7.45. The van der Waals surface area contributed by atoms with Gasteiger partial charge in [0.25, 0.3) is 0 Å². The van der Waals surface area contributed by atoms with E-state index in [-0.39, 0.29) is 56.4 Å². The zero-order valence-corrected chi connectivity index (χ0v) is 22.6. The van der Waals surface area contributed by atoms with Crippen molar-refractivity contribution >= 4 is 28.0 Å². The van der Waals surface area contributed by atoms with Crippen molar-refractivity contribution in [3.63, 3.8) is 0 Å². The first-order valence-electron chi connectivity index (χ1n) is 12.9. The number of aliphatic carboxylic acids is 1. The van der Waals surface area contributed by atoms with Crippen LogP contribution in [0.25, 0.3) is 11.1 Å². The number of carbonyl (C=O) groups excluding carboxylic acids is 2. The molecule has 1 heterocycles. The number of alkyl carbamates (subject to hydrolysis) is 1. The molecule has 0 aromatic heterocycles. The molecule has 2 N–H and O–H groups in total. The van der Waals surface area contributed by atoms with Gasteiger partial charge < -0.3 is 20.1 Å². The van der Waals surface area contributed by atoms with E-state index in [2.05, 4.69) is 5.32 Å². The Morgan fingerprint density at radius 3 is 2.00 bits per heavy atom. The summed E-state index contributed by atoms with van der Waals surface area (Å²) in [6, 6.07) is 24.0. The minimum Gasteiger partial charge on any atom is -0.480 e. The lowest BCUT2D eigenvalue weighted by Gasteiger charge is -2.34. The molecule has 0 spiro atoms. The van der Waals surface area contributed by atoms with E-state index in [1.165, 1.54) is 9.21 Å². The van der Waals surface area contributed by atoms with E-state index in [9.17, 15) is 27.9 Å². The van der Waals surface area contributed by atoms with Crippen molar-refractivity contribution in [2.45, 2.75) is 30.4 Å². The van der Waals surface area contributed by atoms with E-state index in [0.717, 1.165) is 16.7 Å². The van der Waals surface area contributed by atoms with Crippen LogP contribution in [0, 0.1) is 0 Å². The number of sulfonamides is 1. The lowest BCUT2D eigenvalue weighted by Crippen LogP contribution is -2.50. The second-order valence-corrected chi connectivity index (χ2v) is 11.2. The smallest absolute Gasteiger partial charge is 0.408 e. The largest absolute Gasteiger partial charge is 0.480 e. The Bertz CT molecular complexity index is 1410. The molecule has 0 bridgehead atoms. The van der Waals surface area contributed by atoms with Crippen LogP contribution < -0.4 is 5.32 Å². The number of carbonyl (C=O) groups is 3. The van der Waals surface area contributed by atoms with Crippen LogP contribution in [-0.4, -0.2) is 72.9 Å². The summed E-state index contributed by atoms with van der Waals surface area (Å²) in [5.41, 5.74) is 2.65. The van der Waals surface area contributed by atoms with Crippen molar-refractivity contribution in [2.24, 2.45) is 0 Å². The predicted octanol–water partition coefficient (Wildman–Crippen LogP) is 3.35. The molecule has 1 aliphatic heterocycles. The molecule has 0 saturated carbocycles. The summed E-state index contributed by atoms with van der Waals surface area (Å²) in [5.74, 6) is -1.59. The highest BCUT2D eigenvalue weighted by molar-refractivity contribution is 7.89. The van der Waals surface area contributed by atoms with Gasteiger partial charge >= 0.3 is 12.1 Å². The van der Waals surface area contributed by atoms with Crippen molar-refractivity contribution in [3.8, 4) is 11.1 Å². The second kappa shape index (κ2) is 13.2. The van der Waals surface area contributed by atoms with E-state index >= 15 is 0 Å². The average Bonchev–Trinajstić information content (AvgIpc) is 2.99. The number of nitrogens with one attached hydrogen (secondary N) is 1. The van der Waals surface area contributed by atoms with Gasteiger partial charge in [-0.2, -0.15) is 4.31 Å². The molecule has 210 valence electrons. The number of amides is 2. The molecule has 0 aliphatic carbocycles. The first-order chi connectivity index (χ1) is 19.2. The van der Waals surface area contributed by atoms with Crippen LogP contribution in [0.2, 0.25) is 0 Å². The number of hydrogen-bond acceptors (Lipinski definition) is 6. The molecule has 2 amide bonds. The molecule has 1 fully saturated rings. The van der Waals surface area contributed by atoms with Crippen molar-refractivity contribution in [1.29, 1.82) is 0 Å². The average molecular weight is 566 g/mol. The van der Waals surface area contributed by atoms with Crippen LogP contribution in [0.4, 0.5) is 4.79 Å². The highest BCUT2D eigenvalue weighted by Crippen LogP contribution is 2.23. The number of hydrogen-bond donors (Lipinski definition) is 2. The molecule has 4 rings (SSSR count). The number of nitrogens with zero attached hydrogens (tertiary/aromatic N) is 2. The summed E-state index contributed by atoms with van der Waals surface area (Å²) in [6.45, 7) is 0.610. The van der Waals surface area contributed by atoms with Crippen LogP contribution >= 0.6 is 0 Å². The molecule has 3 aromatic carbocycles. The molecular formula is C29H31N3O7S. The number of piperazine rings is 1. The fourth-order valence-corrected chi connectivity index (χ4v) is 5.79. The fraction of sp³-hybridized carbons (Fsp3) is 0.276. The Balaban J connectivity index is 1.25. The molecule has 3 aromatic rings. The van der Waals surface area contributed by atoms with Gasteiger partial charge in [-0.3, -0.25) is 4.79 Å². The number of carboxylic acid groups (broad SMARTS) is 1. The molecule has 1 saturated heterocycles. The zero-order valence-electron chi connectivity index (χ0n) is 21.8. The zero-order chi connectivity index (χ0) is 28.5. The van der Waals surface area contributed by atoms with Crippen LogP contribution in [-0.2, 0) is 31.0 Å². The van der Waals surface area contributed by atoms with Crippen LogP contribution in [0.3, 0.4) is 0 Å². The van der Waals surface area contributed by atoms with Gasteiger partial charge in [-0.05, 0) is 35.2 Å². The van der Waals surface area contributed by atoms with Gasteiger partial charge in [-0.25, -0.2) is 18.0 Å². The van der Waals surface area contributed by atoms with E-state index in [1.54, 1.807) is 48.5 Å². The minimum absolute atomic E-state index is 0.0116. The Morgan fingerprint density at radius 2 is 1.40 bits per heavy atom. The molecule has 11 heteroatoms. The van der Waals surface area contributed by atoms with Crippen LogP contribution in [0.5, 0.6) is 0 Å². The standard InChI is InChI=1S/C29H31N3O7S/c33-27(16-15-26(28(34)35)30-29(36)39-21-22-7-3-1-4-8-22)31-17-19-32(20-18-31)40(37,38)25-13-11-24(12-14-25)23-9-5-2-6-10-23/h1-14,26H,15-21H2,(H,30,36)(H,34,35)/t26-/m0/s1. The van der Waals surface area contributed by atoms with Crippen molar-refractivity contribution < 1.29 is 32.6 Å². The summed E-state index contributed by atoms with van der Waals surface area (Å²) in [4.78, 5) is 38.1. The monoisotopic (exact) mass is 565 g/mol. The molecule has 1 aliphatic rings. The SMILES string of the molecule is O=C(N[C@@H](CCC(=O)N1CCN(S(=O)(=O)c2ccc(-c3ccccc3)cc2)CC1)C(=O)O)OCc1ccccc1. The third-order valence-electron chi connectivity index (χ3n) is 6.64. The number of carboxylic acids is 1. The van der Waals surface area contributed by atoms with Crippen LogP contribution in [0.1, 0.15) is 18.4 Å². The van der Waals surface area contributed by atoms with E-state index < -0.39 is 28.1 Å². The molecule has 0 unspecified atom stereocenters. The molecular weight excluding hydrogens is 534 g/mol. The molecule has 1 atom stereocenters. The number of rotatable bonds is 10. The number of benzene rings is 3. The van der Waals surface area contributed by atoms with Gasteiger partial charge in [0, 0.05) is 32.6 Å². The van der Waals surface area contributed by atoms with Gasteiger partial charge in [0.05, 0.1) is 4.90 Å². The first kappa shape index (κ1) is 28.8. The summed E-state index contributed by atoms with van der Waals surface area (Å²) in [6.07, 6.45) is -1.14. The lowest BCUT2D eigenvalue weighted by atomic mass is 10.1. The maximum atomic E-state index is 13.2. The highest BCUT2D eigenvalue weighted by atomic mass is 32.2. The van der Waals surface area contributed by atoms with Gasteiger partial charge in [-0.1, -0.05) is 72.8 Å². The summed E-state index contributed by atoms with van der Waals surface area (Å²) < 4.78 is 32.7. The van der Waals surface area contributed by atoms with E-state index in [0.29, 0.717) is 0 Å². The number of ether oxygens (including phenoxy) is 1. The van der Waals surface area contributed by atoms with Gasteiger partial charge in [0.15, 0.2) is 0 Å². The van der Waals surface area contributed by atoms with Gasteiger partial charge in [-0.15, -0.1) is 0 Å². The quantitative estimate of drug-likeness (QED) is 0.385. The molecule has 10 nitrogen and oxygen atoms in total. The van der Waals surface area contributed by atoms with Crippen molar-refractivity contribution in [1.82, 2.24) is 14.5 Å². The summed E-state index contributed by atoms with van der Waals surface area (Å²) in [7, 11) is -3.73. The highest BCUT2D eigenvalue weighted by Gasteiger charge is 2.31. The fourth-order valence-electron chi connectivity index (χ4n) is 4.37. The Morgan fingerprint density at radius 1 is 0.825 bits per heavy atom. The Kier molecular flexibility index (Phi) is 9.52. The van der Waals surface area contributed by atoms with E-state index in [4.69, 9.17) is 4.74 Å².